The summed E-state index contributed by atoms with van der Waals surface area (Å²) in [7, 11) is 2.23. The SMILES string of the molecule is COC(=O)[C@H]1C[C@@H](C(=O)OC)C(=O)C1=O. The van der Waals surface area contributed by atoms with E-state index in [9.17, 15) is 19.2 Å². The average Bonchev–Trinajstić information content (AvgIpc) is 2.54. The van der Waals surface area contributed by atoms with E-state index < -0.39 is 35.3 Å². The molecule has 1 aliphatic rings. The monoisotopic (exact) mass is 214 g/mol. The summed E-state index contributed by atoms with van der Waals surface area (Å²) >= 11 is 0. The minimum Gasteiger partial charge on any atom is -0.468 e. The molecule has 2 atom stereocenters. The molecule has 0 heterocycles. The van der Waals surface area contributed by atoms with Crippen LogP contribution in [-0.2, 0) is 28.7 Å². The summed E-state index contributed by atoms with van der Waals surface area (Å²) in [6.07, 6.45) is -0.156. The third-order valence-electron chi connectivity index (χ3n) is 2.32. The second-order valence-corrected chi connectivity index (χ2v) is 3.12. The smallest absolute Gasteiger partial charge is 0.316 e. The van der Waals surface area contributed by atoms with Gasteiger partial charge >= 0.3 is 11.9 Å². The number of ketones is 2. The maximum atomic E-state index is 11.3. The summed E-state index contributed by atoms with van der Waals surface area (Å²) in [6, 6.07) is 0. The highest BCUT2D eigenvalue weighted by Crippen LogP contribution is 2.26. The first-order valence-corrected chi connectivity index (χ1v) is 4.26. The molecule has 1 saturated carbocycles. The Hall–Kier alpha value is -1.72. The van der Waals surface area contributed by atoms with Gasteiger partial charge in [-0.3, -0.25) is 19.2 Å². The van der Waals surface area contributed by atoms with Crippen molar-refractivity contribution in [2.45, 2.75) is 6.42 Å². The molecule has 6 nitrogen and oxygen atoms in total. The average molecular weight is 214 g/mol. The second kappa shape index (κ2) is 4.20. The van der Waals surface area contributed by atoms with Crippen molar-refractivity contribution in [1.82, 2.24) is 0 Å². The zero-order chi connectivity index (χ0) is 11.6. The van der Waals surface area contributed by atoms with Crippen LogP contribution in [0.2, 0.25) is 0 Å². The predicted molar refractivity (Wildman–Crippen MR) is 45.6 cm³/mol. The van der Waals surface area contributed by atoms with Crippen LogP contribution in [0.3, 0.4) is 0 Å². The Bertz CT molecular complexity index is 299. The highest BCUT2D eigenvalue weighted by molar-refractivity contribution is 6.46. The first-order valence-electron chi connectivity index (χ1n) is 4.26. The molecule has 0 aromatic heterocycles. The van der Waals surface area contributed by atoms with Gasteiger partial charge in [-0.05, 0) is 6.42 Å². The molecule has 0 radical (unpaired) electrons. The van der Waals surface area contributed by atoms with E-state index in [1.807, 2.05) is 0 Å². The van der Waals surface area contributed by atoms with Crippen molar-refractivity contribution in [2.24, 2.45) is 11.8 Å². The quantitative estimate of drug-likeness (QED) is 0.336. The standard InChI is InChI=1S/C9H10O6/c1-14-8(12)4-3-5(9(13)15-2)7(11)6(4)10/h4-5H,3H2,1-2H3/t4-,5+. The van der Waals surface area contributed by atoms with Crippen LogP contribution in [0.25, 0.3) is 0 Å². The molecule has 0 aromatic carbocycles. The summed E-state index contributed by atoms with van der Waals surface area (Å²) in [5, 5.41) is 0. The number of carbonyl (C=O) groups excluding carboxylic acids is 4. The Morgan fingerprint density at radius 1 is 1.00 bits per heavy atom. The molecule has 0 aromatic rings. The summed E-state index contributed by atoms with van der Waals surface area (Å²) in [5.41, 5.74) is 0. The number of rotatable bonds is 2. The van der Waals surface area contributed by atoms with Gasteiger partial charge in [0.05, 0.1) is 14.2 Å². The Balaban J connectivity index is 2.85. The molecule has 0 unspecified atom stereocenters. The lowest BCUT2D eigenvalue weighted by Crippen LogP contribution is -2.25. The minimum atomic E-state index is -1.16. The maximum absolute atomic E-state index is 11.3. The Morgan fingerprint density at radius 3 is 1.60 bits per heavy atom. The van der Waals surface area contributed by atoms with Gasteiger partial charge in [-0.1, -0.05) is 0 Å². The summed E-state index contributed by atoms with van der Waals surface area (Å²) in [5.74, 6) is -5.66. The van der Waals surface area contributed by atoms with Crippen LogP contribution in [0.1, 0.15) is 6.42 Å². The number of ether oxygens (including phenoxy) is 2. The van der Waals surface area contributed by atoms with Gasteiger partial charge in [0.15, 0.2) is 0 Å². The zero-order valence-corrected chi connectivity index (χ0v) is 8.31. The van der Waals surface area contributed by atoms with Crippen molar-refractivity contribution < 1.29 is 28.7 Å². The van der Waals surface area contributed by atoms with E-state index in [4.69, 9.17) is 0 Å². The lowest BCUT2D eigenvalue weighted by molar-refractivity contribution is -0.151. The van der Waals surface area contributed by atoms with Crippen LogP contribution in [-0.4, -0.2) is 37.7 Å². The molecule has 82 valence electrons. The van der Waals surface area contributed by atoms with Crippen LogP contribution in [0.5, 0.6) is 0 Å². The van der Waals surface area contributed by atoms with Gasteiger partial charge in [-0.25, -0.2) is 0 Å². The zero-order valence-electron chi connectivity index (χ0n) is 8.31. The number of hydrogen-bond acceptors (Lipinski definition) is 6. The largest absolute Gasteiger partial charge is 0.468 e. The van der Waals surface area contributed by atoms with Crippen LogP contribution >= 0.6 is 0 Å². The van der Waals surface area contributed by atoms with Gasteiger partial charge in [0.2, 0.25) is 11.6 Å². The van der Waals surface area contributed by atoms with Crippen LogP contribution in [0, 0.1) is 11.8 Å². The minimum absolute atomic E-state index is 0.156. The van der Waals surface area contributed by atoms with Crippen molar-refractivity contribution in [3.8, 4) is 0 Å². The molecule has 1 fully saturated rings. The van der Waals surface area contributed by atoms with Gasteiger partial charge in [-0.2, -0.15) is 0 Å². The van der Waals surface area contributed by atoms with Gasteiger partial charge in [0.1, 0.15) is 11.8 Å². The van der Waals surface area contributed by atoms with Crippen molar-refractivity contribution in [1.29, 1.82) is 0 Å². The van der Waals surface area contributed by atoms with Crippen molar-refractivity contribution in [2.75, 3.05) is 14.2 Å². The highest BCUT2D eigenvalue weighted by atomic mass is 16.5. The van der Waals surface area contributed by atoms with E-state index in [2.05, 4.69) is 9.47 Å². The summed E-state index contributed by atoms with van der Waals surface area (Å²) < 4.78 is 8.70. The van der Waals surface area contributed by atoms with E-state index in [1.54, 1.807) is 0 Å². The fourth-order valence-electron chi connectivity index (χ4n) is 1.48. The lowest BCUT2D eigenvalue weighted by atomic mass is 10.1. The number of Topliss-reactive ketones (excluding diaryl/α,β-unsaturated/α-hetero) is 2. The fraction of sp³-hybridized carbons (Fsp3) is 0.556. The third-order valence-corrected chi connectivity index (χ3v) is 2.32. The second-order valence-electron chi connectivity index (χ2n) is 3.12. The van der Waals surface area contributed by atoms with Crippen LogP contribution < -0.4 is 0 Å². The van der Waals surface area contributed by atoms with E-state index in [1.165, 1.54) is 0 Å². The topological polar surface area (TPSA) is 86.7 Å². The first-order chi connectivity index (χ1) is 7.02. The lowest BCUT2D eigenvalue weighted by Gasteiger charge is -2.04. The molecule has 0 aliphatic heterocycles. The normalized spacial score (nSPS) is 25.2. The van der Waals surface area contributed by atoms with E-state index in [0.29, 0.717) is 0 Å². The number of methoxy groups -OCH3 is 2. The van der Waals surface area contributed by atoms with E-state index in [0.717, 1.165) is 14.2 Å². The molecule has 1 aliphatic carbocycles. The highest BCUT2D eigenvalue weighted by Gasteiger charge is 2.49. The van der Waals surface area contributed by atoms with Gasteiger partial charge in [-0.15, -0.1) is 0 Å². The molecule has 15 heavy (non-hydrogen) atoms. The maximum Gasteiger partial charge on any atom is 0.316 e. The van der Waals surface area contributed by atoms with Crippen molar-refractivity contribution in [3.63, 3.8) is 0 Å². The Labute approximate surface area is 85.5 Å². The number of hydrogen-bond donors (Lipinski definition) is 0. The van der Waals surface area contributed by atoms with Crippen LogP contribution in [0.4, 0.5) is 0 Å². The number of carbonyl (C=O) groups is 4. The predicted octanol–water partition coefficient (Wildman–Crippen LogP) is -0.893. The molecule has 1 rings (SSSR count). The fourth-order valence-corrected chi connectivity index (χ4v) is 1.48. The molecule has 0 spiro atoms. The molecular weight excluding hydrogens is 204 g/mol. The Morgan fingerprint density at radius 2 is 1.33 bits per heavy atom. The van der Waals surface area contributed by atoms with Gasteiger partial charge < -0.3 is 9.47 Å². The van der Waals surface area contributed by atoms with E-state index in [-0.39, 0.29) is 6.42 Å². The van der Waals surface area contributed by atoms with E-state index >= 15 is 0 Å². The summed E-state index contributed by atoms with van der Waals surface area (Å²) in [6.45, 7) is 0. The molecule has 6 heteroatoms. The molecule has 0 saturated heterocycles. The Kier molecular flexibility index (Phi) is 3.18. The van der Waals surface area contributed by atoms with Crippen LogP contribution in [0.15, 0.2) is 0 Å². The molecule has 0 bridgehead atoms. The first kappa shape index (κ1) is 11.4. The van der Waals surface area contributed by atoms with Crippen molar-refractivity contribution in [3.05, 3.63) is 0 Å². The summed E-state index contributed by atoms with van der Waals surface area (Å²) in [4.78, 5) is 44.7. The van der Waals surface area contributed by atoms with Crippen molar-refractivity contribution >= 4 is 23.5 Å². The van der Waals surface area contributed by atoms with Gasteiger partial charge in [0, 0.05) is 0 Å². The van der Waals surface area contributed by atoms with Gasteiger partial charge in [0.25, 0.3) is 0 Å². The molecule has 0 amide bonds. The number of esters is 2. The molecular formula is C9H10O6. The third kappa shape index (κ3) is 1.88. The molecule has 0 N–H and O–H groups in total.